The van der Waals surface area contributed by atoms with Crippen LogP contribution in [0.15, 0.2) is 66.7 Å². The molecule has 1 atom stereocenters. The number of aryl methyl sites for hydroxylation is 1. The molecule has 0 saturated carbocycles. The number of aromatic nitrogens is 1. The van der Waals surface area contributed by atoms with Crippen LogP contribution < -0.4 is 5.32 Å². The summed E-state index contributed by atoms with van der Waals surface area (Å²) in [6.45, 7) is 3.82. The predicted molar refractivity (Wildman–Crippen MR) is 96.7 cm³/mol. The number of nitrogens with one attached hydrogen (secondary N) is 1. The van der Waals surface area contributed by atoms with Gasteiger partial charge in [-0.15, -0.1) is 0 Å². The summed E-state index contributed by atoms with van der Waals surface area (Å²) in [4.78, 5) is 17.2. The fraction of sp³-hybridized carbons (Fsp3) is 0.143. The van der Waals surface area contributed by atoms with E-state index in [0.29, 0.717) is 5.56 Å². The Morgan fingerprint density at radius 2 is 1.72 bits per heavy atom. The van der Waals surface area contributed by atoms with Crippen LogP contribution in [0.4, 0.5) is 4.39 Å². The molecule has 0 aliphatic rings. The minimum Gasteiger partial charge on any atom is -0.344 e. The van der Waals surface area contributed by atoms with Gasteiger partial charge in [0.25, 0.3) is 5.91 Å². The molecule has 4 heteroatoms. The van der Waals surface area contributed by atoms with E-state index in [-0.39, 0.29) is 17.8 Å². The van der Waals surface area contributed by atoms with Crippen LogP contribution in [0.3, 0.4) is 0 Å². The predicted octanol–water partition coefficient (Wildman–Crippen LogP) is 4.69. The highest BCUT2D eigenvalue weighted by atomic mass is 19.1. The number of benzene rings is 2. The second-order valence-electron chi connectivity index (χ2n) is 5.95. The maximum Gasteiger partial charge on any atom is 0.252 e. The molecule has 2 aromatic carbocycles. The average Bonchev–Trinajstić information content (AvgIpc) is 2.62. The molecule has 0 bridgehead atoms. The average molecular weight is 334 g/mol. The Kier molecular flexibility index (Phi) is 4.89. The van der Waals surface area contributed by atoms with Crippen molar-refractivity contribution in [3.05, 3.63) is 89.5 Å². The van der Waals surface area contributed by atoms with Crippen molar-refractivity contribution in [1.82, 2.24) is 10.3 Å². The van der Waals surface area contributed by atoms with Gasteiger partial charge in [0.15, 0.2) is 0 Å². The number of halogens is 1. The SMILES string of the molecule is Cc1cccc([C@@H](C)NC(=O)c2ccccc2-c2ccc(F)cc2)n1. The van der Waals surface area contributed by atoms with Crippen molar-refractivity contribution in [2.24, 2.45) is 0 Å². The first-order valence-corrected chi connectivity index (χ1v) is 8.14. The van der Waals surface area contributed by atoms with Gasteiger partial charge < -0.3 is 5.32 Å². The largest absolute Gasteiger partial charge is 0.344 e. The van der Waals surface area contributed by atoms with E-state index in [2.05, 4.69) is 10.3 Å². The molecule has 1 aromatic heterocycles. The number of nitrogens with zero attached hydrogens (tertiary/aromatic N) is 1. The molecule has 1 amide bonds. The van der Waals surface area contributed by atoms with Crippen molar-refractivity contribution in [3.63, 3.8) is 0 Å². The Bertz CT molecular complexity index is 890. The summed E-state index contributed by atoms with van der Waals surface area (Å²) in [5.41, 5.74) is 3.84. The molecule has 25 heavy (non-hydrogen) atoms. The smallest absolute Gasteiger partial charge is 0.252 e. The van der Waals surface area contributed by atoms with Crippen molar-refractivity contribution >= 4 is 5.91 Å². The van der Waals surface area contributed by atoms with Crippen LogP contribution in [0, 0.1) is 12.7 Å². The first-order chi connectivity index (χ1) is 12.0. The Hall–Kier alpha value is -3.01. The third-order valence-corrected chi connectivity index (χ3v) is 4.03. The molecule has 0 radical (unpaired) electrons. The minimum absolute atomic E-state index is 0.185. The first kappa shape index (κ1) is 16.8. The summed E-state index contributed by atoms with van der Waals surface area (Å²) in [6.07, 6.45) is 0. The molecule has 0 saturated heterocycles. The second-order valence-corrected chi connectivity index (χ2v) is 5.95. The lowest BCUT2D eigenvalue weighted by atomic mass is 9.99. The summed E-state index contributed by atoms with van der Waals surface area (Å²) in [7, 11) is 0. The molecule has 0 unspecified atom stereocenters. The van der Waals surface area contributed by atoms with E-state index in [4.69, 9.17) is 0 Å². The minimum atomic E-state index is -0.301. The van der Waals surface area contributed by atoms with E-state index < -0.39 is 0 Å². The molecule has 3 rings (SSSR count). The molecule has 126 valence electrons. The molecule has 3 aromatic rings. The first-order valence-electron chi connectivity index (χ1n) is 8.14. The molecular formula is C21H19FN2O. The Morgan fingerprint density at radius 3 is 2.44 bits per heavy atom. The van der Waals surface area contributed by atoms with Gasteiger partial charge in [0.1, 0.15) is 5.82 Å². The highest BCUT2D eigenvalue weighted by Crippen LogP contribution is 2.24. The standard InChI is InChI=1S/C21H19FN2O/c1-14-6-5-9-20(23-14)15(2)24-21(25)19-8-4-3-7-18(19)16-10-12-17(22)13-11-16/h3-13,15H,1-2H3,(H,24,25)/t15-/m1/s1. The van der Waals surface area contributed by atoms with Crippen LogP contribution in [0.5, 0.6) is 0 Å². The molecule has 0 aliphatic heterocycles. The summed E-state index contributed by atoms with van der Waals surface area (Å²) < 4.78 is 13.2. The summed E-state index contributed by atoms with van der Waals surface area (Å²) in [5, 5.41) is 2.99. The number of hydrogen-bond acceptors (Lipinski definition) is 2. The number of pyridine rings is 1. The van der Waals surface area contributed by atoms with Gasteiger partial charge in [-0.2, -0.15) is 0 Å². The van der Waals surface area contributed by atoms with Crippen LogP contribution in [-0.2, 0) is 0 Å². The highest BCUT2D eigenvalue weighted by Gasteiger charge is 2.16. The van der Waals surface area contributed by atoms with Gasteiger partial charge in [0.05, 0.1) is 11.7 Å². The molecule has 0 spiro atoms. The number of rotatable bonds is 4. The lowest BCUT2D eigenvalue weighted by molar-refractivity contribution is 0.0939. The Balaban J connectivity index is 1.86. The van der Waals surface area contributed by atoms with Gasteiger partial charge in [-0.05, 0) is 55.3 Å². The number of hydrogen-bond donors (Lipinski definition) is 1. The third kappa shape index (κ3) is 3.91. The van der Waals surface area contributed by atoms with E-state index in [1.807, 2.05) is 50.2 Å². The van der Waals surface area contributed by atoms with E-state index >= 15 is 0 Å². The monoisotopic (exact) mass is 334 g/mol. The van der Waals surface area contributed by atoms with Crippen LogP contribution in [-0.4, -0.2) is 10.9 Å². The number of carbonyl (C=O) groups is 1. The van der Waals surface area contributed by atoms with E-state index in [0.717, 1.165) is 22.5 Å². The normalized spacial score (nSPS) is 11.8. The molecule has 1 N–H and O–H groups in total. The zero-order chi connectivity index (χ0) is 17.8. The van der Waals surface area contributed by atoms with Crippen molar-refractivity contribution in [2.75, 3.05) is 0 Å². The number of amides is 1. The second kappa shape index (κ2) is 7.26. The van der Waals surface area contributed by atoms with Gasteiger partial charge >= 0.3 is 0 Å². The number of carbonyl (C=O) groups excluding carboxylic acids is 1. The zero-order valence-corrected chi connectivity index (χ0v) is 14.2. The van der Waals surface area contributed by atoms with Gasteiger partial charge in [0, 0.05) is 11.3 Å². The fourth-order valence-corrected chi connectivity index (χ4v) is 2.72. The maximum atomic E-state index is 13.2. The fourth-order valence-electron chi connectivity index (χ4n) is 2.72. The molecule has 0 fully saturated rings. The molecule has 0 aliphatic carbocycles. The lowest BCUT2D eigenvalue weighted by Gasteiger charge is -2.16. The van der Waals surface area contributed by atoms with Crippen LogP contribution in [0.1, 0.15) is 34.7 Å². The summed E-state index contributed by atoms with van der Waals surface area (Å²) in [5.74, 6) is -0.486. The van der Waals surface area contributed by atoms with Gasteiger partial charge in [0.2, 0.25) is 0 Å². The van der Waals surface area contributed by atoms with Crippen LogP contribution in [0.25, 0.3) is 11.1 Å². The quantitative estimate of drug-likeness (QED) is 0.752. The summed E-state index contributed by atoms with van der Waals surface area (Å²) >= 11 is 0. The van der Waals surface area contributed by atoms with Crippen LogP contribution in [0.2, 0.25) is 0 Å². The van der Waals surface area contributed by atoms with E-state index in [1.54, 1.807) is 18.2 Å². The van der Waals surface area contributed by atoms with Crippen molar-refractivity contribution in [2.45, 2.75) is 19.9 Å². The molecule has 3 nitrogen and oxygen atoms in total. The molecule has 1 heterocycles. The van der Waals surface area contributed by atoms with E-state index in [1.165, 1.54) is 12.1 Å². The Morgan fingerprint density at radius 1 is 1.00 bits per heavy atom. The van der Waals surface area contributed by atoms with Crippen molar-refractivity contribution in [3.8, 4) is 11.1 Å². The van der Waals surface area contributed by atoms with Gasteiger partial charge in [-0.3, -0.25) is 9.78 Å². The summed E-state index contributed by atoms with van der Waals surface area (Å²) in [6, 6.07) is 19.0. The van der Waals surface area contributed by atoms with Gasteiger partial charge in [-0.25, -0.2) is 4.39 Å². The highest BCUT2D eigenvalue weighted by molar-refractivity contribution is 6.01. The van der Waals surface area contributed by atoms with Crippen molar-refractivity contribution < 1.29 is 9.18 Å². The van der Waals surface area contributed by atoms with Crippen LogP contribution >= 0.6 is 0 Å². The topological polar surface area (TPSA) is 42.0 Å². The van der Waals surface area contributed by atoms with Gasteiger partial charge in [-0.1, -0.05) is 36.4 Å². The zero-order valence-electron chi connectivity index (χ0n) is 14.2. The van der Waals surface area contributed by atoms with Crippen molar-refractivity contribution in [1.29, 1.82) is 0 Å². The molecular weight excluding hydrogens is 315 g/mol. The lowest BCUT2D eigenvalue weighted by Crippen LogP contribution is -2.27. The van der Waals surface area contributed by atoms with E-state index in [9.17, 15) is 9.18 Å². The maximum absolute atomic E-state index is 13.2. The Labute approximate surface area is 146 Å². The third-order valence-electron chi connectivity index (χ3n) is 4.03.